The Hall–Kier alpha value is -0.950. The van der Waals surface area contributed by atoms with E-state index in [0.29, 0.717) is 10.8 Å². The van der Waals surface area contributed by atoms with Crippen molar-refractivity contribution >= 4 is 44.0 Å². The van der Waals surface area contributed by atoms with E-state index < -0.39 is 10.0 Å². The highest BCUT2D eigenvalue weighted by atomic mass is 35.5. The molecule has 0 bridgehead atoms. The number of aromatic nitrogens is 2. The van der Waals surface area contributed by atoms with Crippen molar-refractivity contribution in [2.24, 2.45) is 0 Å². The molecule has 18 heavy (non-hydrogen) atoms. The smallest absolute Gasteiger partial charge is 0.207 e. The number of benzene rings is 1. The molecule has 2 rings (SSSR count). The fourth-order valence-corrected chi connectivity index (χ4v) is 2.77. The molecule has 0 aliphatic rings. The Morgan fingerprint density at radius 1 is 1.06 bits per heavy atom. The average Bonchev–Trinajstić information content (AvgIpc) is 2.33. The van der Waals surface area contributed by atoms with Crippen molar-refractivity contribution < 1.29 is 8.42 Å². The Bertz CT molecular complexity index is 716. The molecule has 2 aromatic rings. The lowest BCUT2D eigenvalue weighted by molar-refractivity contribution is 0.521. The fourth-order valence-electron chi connectivity index (χ4n) is 1.44. The van der Waals surface area contributed by atoms with Gasteiger partial charge in [0.2, 0.25) is 10.0 Å². The van der Waals surface area contributed by atoms with E-state index in [-0.39, 0.29) is 15.2 Å². The zero-order valence-electron chi connectivity index (χ0n) is 9.55. The Kier molecular flexibility index (Phi) is 3.46. The van der Waals surface area contributed by atoms with Crippen LogP contribution < -0.4 is 0 Å². The van der Waals surface area contributed by atoms with Crippen molar-refractivity contribution in [1.82, 2.24) is 14.5 Å². The molecule has 0 fully saturated rings. The van der Waals surface area contributed by atoms with Gasteiger partial charge in [-0.15, -0.1) is 10.2 Å². The molecule has 0 amide bonds. The van der Waals surface area contributed by atoms with Gasteiger partial charge in [-0.25, -0.2) is 12.7 Å². The van der Waals surface area contributed by atoms with Gasteiger partial charge in [0.1, 0.15) is 0 Å². The van der Waals surface area contributed by atoms with Gasteiger partial charge in [0, 0.05) is 24.9 Å². The molecule has 1 aromatic heterocycles. The van der Waals surface area contributed by atoms with E-state index in [1.165, 1.54) is 26.2 Å². The Labute approximate surface area is 114 Å². The molecular formula is C10H9Cl2N3O2S. The molecule has 0 saturated heterocycles. The molecule has 96 valence electrons. The minimum atomic E-state index is -3.51. The first-order chi connectivity index (χ1) is 8.34. The highest BCUT2D eigenvalue weighted by Crippen LogP contribution is 2.28. The summed E-state index contributed by atoms with van der Waals surface area (Å²) < 4.78 is 25.1. The minimum absolute atomic E-state index is 0.116. The van der Waals surface area contributed by atoms with Crippen LogP contribution in [0.4, 0.5) is 0 Å². The predicted octanol–water partition coefficient (Wildman–Crippen LogP) is 2.19. The summed E-state index contributed by atoms with van der Waals surface area (Å²) in [5.74, 6) is 0. The number of halogens is 2. The molecule has 1 heterocycles. The summed E-state index contributed by atoms with van der Waals surface area (Å²) in [6, 6.07) is 4.46. The third-order valence-electron chi connectivity index (χ3n) is 2.44. The number of rotatable bonds is 2. The van der Waals surface area contributed by atoms with Gasteiger partial charge in [-0.05, 0) is 18.2 Å². The first kappa shape index (κ1) is 13.5. The second-order valence-electron chi connectivity index (χ2n) is 3.78. The summed E-state index contributed by atoms with van der Waals surface area (Å²) >= 11 is 11.8. The van der Waals surface area contributed by atoms with Crippen LogP contribution in [0, 0.1) is 0 Å². The predicted molar refractivity (Wildman–Crippen MR) is 70.4 cm³/mol. The maximum Gasteiger partial charge on any atom is 0.242 e. The van der Waals surface area contributed by atoms with Crippen LogP contribution >= 0.6 is 23.2 Å². The zero-order valence-corrected chi connectivity index (χ0v) is 11.9. The third-order valence-corrected chi connectivity index (χ3v) is 4.81. The molecule has 0 atom stereocenters. The van der Waals surface area contributed by atoms with Crippen molar-refractivity contribution in [1.29, 1.82) is 0 Å². The largest absolute Gasteiger partial charge is 0.242 e. The molecule has 0 radical (unpaired) electrons. The maximum absolute atomic E-state index is 12.0. The monoisotopic (exact) mass is 305 g/mol. The van der Waals surface area contributed by atoms with Crippen LogP contribution in [0.25, 0.3) is 10.8 Å². The number of hydrogen-bond acceptors (Lipinski definition) is 4. The number of hydrogen-bond donors (Lipinski definition) is 0. The average molecular weight is 306 g/mol. The van der Waals surface area contributed by atoms with Crippen LogP contribution in [0.5, 0.6) is 0 Å². The van der Waals surface area contributed by atoms with Gasteiger partial charge in [-0.1, -0.05) is 23.2 Å². The van der Waals surface area contributed by atoms with Crippen molar-refractivity contribution in [3.8, 4) is 0 Å². The van der Waals surface area contributed by atoms with Crippen molar-refractivity contribution in [3.05, 3.63) is 28.5 Å². The quantitative estimate of drug-likeness (QED) is 0.853. The standard InChI is InChI=1S/C10H9Cl2N3O2S/c1-15(2)18(16,17)6-3-4-7-8(5-6)10(12)14-13-9(7)11/h3-5H,1-2H3. The Balaban J connectivity index is 2.76. The highest BCUT2D eigenvalue weighted by molar-refractivity contribution is 7.89. The molecule has 8 heteroatoms. The summed E-state index contributed by atoms with van der Waals surface area (Å²) in [6.07, 6.45) is 0. The number of sulfonamides is 1. The van der Waals surface area contributed by atoms with E-state index >= 15 is 0 Å². The van der Waals surface area contributed by atoms with E-state index in [1.54, 1.807) is 6.07 Å². The number of fused-ring (bicyclic) bond motifs is 1. The van der Waals surface area contributed by atoms with Crippen molar-refractivity contribution in [3.63, 3.8) is 0 Å². The first-order valence-electron chi connectivity index (χ1n) is 4.88. The van der Waals surface area contributed by atoms with Gasteiger partial charge >= 0.3 is 0 Å². The van der Waals surface area contributed by atoms with Gasteiger partial charge in [-0.3, -0.25) is 0 Å². The van der Waals surface area contributed by atoms with Crippen LogP contribution in [-0.2, 0) is 10.0 Å². The molecule has 1 aromatic carbocycles. The summed E-state index contributed by atoms with van der Waals surface area (Å²) in [7, 11) is -0.600. The van der Waals surface area contributed by atoms with Crippen LogP contribution in [0.2, 0.25) is 10.3 Å². The molecular weight excluding hydrogens is 297 g/mol. The fraction of sp³-hybridized carbons (Fsp3) is 0.200. The van der Waals surface area contributed by atoms with E-state index in [1.807, 2.05) is 0 Å². The van der Waals surface area contributed by atoms with E-state index in [4.69, 9.17) is 23.2 Å². The van der Waals surface area contributed by atoms with Crippen LogP contribution in [0.15, 0.2) is 23.1 Å². The molecule has 0 aliphatic carbocycles. The summed E-state index contributed by atoms with van der Waals surface area (Å²) in [4.78, 5) is 0.131. The van der Waals surface area contributed by atoms with Gasteiger partial charge in [0.05, 0.1) is 4.90 Å². The lowest BCUT2D eigenvalue weighted by Gasteiger charge is -2.12. The zero-order chi connectivity index (χ0) is 13.5. The van der Waals surface area contributed by atoms with Gasteiger partial charge < -0.3 is 0 Å². The summed E-state index contributed by atoms with van der Waals surface area (Å²) in [5.41, 5.74) is 0. The van der Waals surface area contributed by atoms with Gasteiger partial charge in [0.15, 0.2) is 10.3 Å². The third kappa shape index (κ3) is 2.16. The van der Waals surface area contributed by atoms with Crippen molar-refractivity contribution in [2.45, 2.75) is 4.90 Å². The van der Waals surface area contributed by atoms with E-state index in [9.17, 15) is 8.42 Å². The molecule has 0 unspecified atom stereocenters. The Morgan fingerprint density at radius 3 is 2.17 bits per heavy atom. The number of nitrogens with zero attached hydrogens (tertiary/aromatic N) is 3. The van der Waals surface area contributed by atoms with E-state index in [2.05, 4.69) is 10.2 Å². The summed E-state index contributed by atoms with van der Waals surface area (Å²) in [6.45, 7) is 0. The topological polar surface area (TPSA) is 63.2 Å². The normalized spacial score (nSPS) is 12.3. The molecule has 0 aliphatic heterocycles. The molecule has 0 saturated carbocycles. The van der Waals surface area contributed by atoms with E-state index in [0.717, 1.165) is 4.31 Å². The SMILES string of the molecule is CN(C)S(=O)(=O)c1ccc2c(Cl)nnc(Cl)c2c1. The van der Waals surface area contributed by atoms with Crippen LogP contribution in [0.3, 0.4) is 0 Å². The minimum Gasteiger partial charge on any atom is -0.207 e. The summed E-state index contributed by atoms with van der Waals surface area (Å²) in [5, 5.41) is 8.63. The van der Waals surface area contributed by atoms with Gasteiger partial charge in [-0.2, -0.15) is 0 Å². The molecule has 0 N–H and O–H groups in total. The highest BCUT2D eigenvalue weighted by Gasteiger charge is 2.18. The lowest BCUT2D eigenvalue weighted by Crippen LogP contribution is -2.22. The van der Waals surface area contributed by atoms with Crippen LogP contribution in [0.1, 0.15) is 0 Å². The second-order valence-corrected chi connectivity index (χ2v) is 6.64. The first-order valence-corrected chi connectivity index (χ1v) is 7.07. The maximum atomic E-state index is 12.0. The lowest BCUT2D eigenvalue weighted by atomic mass is 10.2. The van der Waals surface area contributed by atoms with Crippen molar-refractivity contribution in [2.75, 3.05) is 14.1 Å². The Morgan fingerprint density at radius 2 is 1.61 bits per heavy atom. The molecule has 5 nitrogen and oxygen atoms in total. The van der Waals surface area contributed by atoms with Crippen LogP contribution in [-0.4, -0.2) is 37.0 Å². The van der Waals surface area contributed by atoms with Gasteiger partial charge in [0.25, 0.3) is 0 Å². The molecule has 0 spiro atoms. The second kappa shape index (κ2) is 4.62.